The molecule has 0 unspecified atom stereocenters. The van der Waals surface area contributed by atoms with Gasteiger partial charge in [0.2, 0.25) is 0 Å². The molecule has 1 aromatic rings. The van der Waals surface area contributed by atoms with E-state index in [1.54, 1.807) is 0 Å². The molecule has 0 bridgehead atoms. The zero-order chi connectivity index (χ0) is 13.3. The topological polar surface area (TPSA) is 21.3 Å². The lowest BCUT2D eigenvalue weighted by atomic mass is 9.79. The highest BCUT2D eigenvalue weighted by Crippen LogP contribution is 2.30. The van der Waals surface area contributed by atoms with E-state index in [-0.39, 0.29) is 0 Å². The number of hydrogen-bond donors (Lipinski definition) is 1. The summed E-state index contributed by atoms with van der Waals surface area (Å²) in [5, 5.41) is 3.48. The van der Waals surface area contributed by atoms with Crippen molar-refractivity contribution in [1.82, 2.24) is 5.32 Å². The van der Waals surface area contributed by atoms with Crippen LogP contribution in [0.1, 0.15) is 40.0 Å². The smallest absolute Gasteiger partial charge is 0.119 e. The average molecular weight is 249 g/mol. The van der Waals surface area contributed by atoms with E-state index in [9.17, 15) is 0 Å². The lowest BCUT2D eigenvalue weighted by Crippen LogP contribution is -2.34. The molecule has 0 saturated carbocycles. The van der Waals surface area contributed by atoms with E-state index in [1.807, 2.05) is 30.3 Å². The van der Waals surface area contributed by atoms with Gasteiger partial charge < -0.3 is 10.1 Å². The van der Waals surface area contributed by atoms with Crippen LogP contribution in [0.15, 0.2) is 30.3 Å². The third-order valence-corrected chi connectivity index (χ3v) is 3.89. The summed E-state index contributed by atoms with van der Waals surface area (Å²) >= 11 is 0. The van der Waals surface area contributed by atoms with Gasteiger partial charge in [0, 0.05) is 6.54 Å². The van der Waals surface area contributed by atoms with Gasteiger partial charge in [-0.3, -0.25) is 0 Å². The highest BCUT2D eigenvalue weighted by Gasteiger charge is 2.25. The second kappa shape index (κ2) is 8.15. The van der Waals surface area contributed by atoms with Crippen LogP contribution in [-0.2, 0) is 0 Å². The van der Waals surface area contributed by atoms with Crippen molar-refractivity contribution in [3.8, 4) is 5.75 Å². The number of rotatable bonds is 9. The van der Waals surface area contributed by atoms with Gasteiger partial charge in [0.15, 0.2) is 0 Å². The highest BCUT2D eigenvalue weighted by molar-refractivity contribution is 5.20. The normalized spacial score (nSPS) is 11.5. The van der Waals surface area contributed by atoms with Crippen LogP contribution in [0.5, 0.6) is 5.75 Å². The van der Waals surface area contributed by atoms with Gasteiger partial charge in [-0.25, -0.2) is 0 Å². The fraction of sp³-hybridized carbons (Fsp3) is 0.625. The quantitative estimate of drug-likeness (QED) is 0.717. The van der Waals surface area contributed by atoms with Crippen LogP contribution in [0.2, 0.25) is 0 Å². The van der Waals surface area contributed by atoms with Gasteiger partial charge in [-0.1, -0.05) is 39.0 Å². The van der Waals surface area contributed by atoms with E-state index in [4.69, 9.17) is 4.74 Å². The number of nitrogens with one attached hydrogen (secondary N) is 1. The fourth-order valence-electron chi connectivity index (χ4n) is 2.23. The first-order valence-electron chi connectivity index (χ1n) is 7.15. The van der Waals surface area contributed by atoms with Crippen molar-refractivity contribution in [2.24, 2.45) is 5.41 Å². The molecule has 0 aromatic heterocycles. The predicted molar refractivity (Wildman–Crippen MR) is 78.1 cm³/mol. The molecule has 0 fully saturated rings. The molecule has 0 saturated heterocycles. The van der Waals surface area contributed by atoms with Crippen molar-refractivity contribution in [2.45, 2.75) is 40.0 Å². The van der Waals surface area contributed by atoms with Crippen LogP contribution in [0.3, 0.4) is 0 Å². The Bertz CT molecular complexity index is 306. The van der Waals surface area contributed by atoms with Crippen molar-refractivity contribution >= 4 is 0 Å². The minimum absolute atomic E-state index is 0.380. The molecule has 0 spiro atoms. The fourth-order valence-corrected chi connectivity index (χ4v) is 2.23. The first kappa shape index (κ1) is 15.0. The largest absolute Gasteiger partial charge is 0.494 e. The van der Waals surface area contributed by atoms with E-state index in [2.05, 4.69) is 26.1 Å². The van der Waals surface area contributed by atoms with E-state index >= 15 is 0 Å². The van der Waals surface area contributed by atoms with Crippen molar-refractivity contribution in [3.05, 3.63) is 30.3 Å². The molecular weight excluding hydrogens is 222 g/mol. The van der Waals surface area contributed by atoms with E-state index in [1.165, 1.54) is 12.8 Å². The van der Waals surface area contributed by atoms with Crippen LogP contribution in [0.25, 0.3) is 0 Å². The summed E-state index contributed by atoms with van der Waals surface area (Å²) in [7, 11) is 0. The van der Waals surface area contributed by atoms with Crippen LogP contribution in [0.4, 0.5) is 0 Å². The molecule has 0 atom stereocenters. The molecule has 1 rings (SSSR count). The van der Waals surface area contributed by atoms with Gasteiger partial charge in [-0.15, -0.1) is 0 Å². The molecule has 0 heterocycles. The molecule has 0 aliphatic rings. The molecule has 1 aromatic carbocycles. The van der Waals surface area contributed by atoms with E-state index < -0.39 is 0 Å². The zero-order valence-electron chi connectivity index (χ0n) is 12.0. The van der Waals surface area contributed by atoms with E-state index in [0.29, 0.717) is 5.41 Å². The predicted octanol–water partition coefficient (Wildman–Crippen LogP) is 3.87. The number of benzene rings is 1. The highest BCUT2D eigenvalue weighted by atomic mass is 16.5. The molecule has 2 heteroatoms. The Morgan fingerprint density at radius 1 is 1.06 bits per heavy atom. The summed E-state index contributed by atoms with van der Waals surface area (Å²) in [5.74, 6) is 0.974. The molecule has 18 heavy (non-hydrogen) atoms. The Labute approximate surface area is 112 Å². The van der Waals surface area contributed by atoms with Gasteiger partial charge in [0.25, 0.3) is 0 Å². The second-order valence-electron chi connectivity index (χ2n) is 4.90. The number of ether oxygens (including phenoxy) is 1. The van der Waals surface area contributed by atoms with Gasteiger partial charge in [0.1, 0.15) is 5.75 Å². The van der Waals surface area contributed by atoms with E-state index in [0.717, 1.165) is 31.9 Å². The first-order valence-corrected chi connectivity index (χ1v) is 7.15. The van der Waals surface area contributed by atoms with Crippen LogP contribution < -0.4 is 10.1 Å². The monoisotopic (exact) mass is 249 g/mol. The van der Waals surface area contributed by atoms with Crippen LogP contribution in [0, 0.1) is 5.41 Å². The lowest BCUT2D eigenvalue weighted by molar-refractivity contribution is 0.175. The summed E-state index contributed by atoms with van der Waals surface area (Å²) in [6.45, 7) is 9.66. The van der Waals surface area contributed by atoms with Crippen molar-refractivity contribution in [1.29, 1.82) is 0 Å². The van der Waals surface area contributed by atoms with Gasteiger partial charge in [-0.2, -0.15) is 0 Å². The second-order valence-corrected chi connectivity index (χ2v) is 4.90. The first-order chi connectivity index (χ1) is 8.76. The molecule has 0 radical (unpaired) electrons. The summed E-state index contributed by atoms with van der Waals surface area (Å²) in [4.78, 5) is 0. The number of para-hydroxylation sites is 1. The maximum Gasteiger partial charge on any atom is 0.119 e. The molecule has 0 aliphatic heterocycles. The third-order valence-electron chi connectivity index (χ3n) is 3.89. The van der Waals surface area contributed by atoms with Crippen molar-refractivity contribution in [2.75, 3.05) is 19.7 Å². The molecule has 0 amide bonds. The van der Waals surface area contributed by atoms with Gasteiger partial charge in [-0.05, 0) is 43.4 Å². The van der Waals surface area contributed by atoms with Crippen LogP contribution >= 0.6 is 0 Å². The number of hydrogen-bond acceptors (Lipinski definition) is 2. The maximum absolute atomic E-state index is 5.82. The van der Waals surface area contributed by atoms with Crippen molar-refractivity contribution in [3.63, 3.8) is 0 Å². The molecular formula is C16H27NO. The lowest BCUT2D eigenvalue weighted by Gasteiger charge is -2.32. The minimum Gasteiger partial charge on any atom is -0.494 e. The maximum atomic E-state index is 5.82. The third kappa shape index (κ3) is 4.69. The SMILES string of the molecule is CCNCC(CC)(CC)CCOc1ccccc1. The Kier molecular flexibility index (Phi) is 6.81. The standard InChI is InChI=1S/C16H27NO/c1-4-16(5-2,14-17-6-3)12-13-18-15-10-8-7-9-11-15/h7-11,17H,4-6,12-14H2,1-3H3. The summed E-state index contributed by atoms with van der Waals surface area (Å²) in [6.07, 6.45) is 3.52. The zero-order valence-corrected chi connectivity index (χ0v) is 12.0. The van der Waals surface area contributed by atoms with Crippen LogP contribution in [-0.4, -0.2) is 19.7 Å². The summed E-state index contributed by atoms with van der Waals surface area (Å²) in [5.41, 5.74) is 0.380. The Hall–Kier alpha value is -1.02. The molecule has 0 aliphatic carbocycles. The Morgan fingerprint density at radius 2 is 1.72 bits per heavy atom. The Morgan fingerprint density at radius 3 is 2.28 bits per heavy atom. The molecule has 2 nitrogen and oxygen atoms in total. The molecule has 102 valence electrons. The van der Waals surface area contributed by atoms with Gasteiger partial charge >= 0.3 is 0 Å². The summed E-state index contributed by atoms with van der Waals surface area (Å²) in [6, 6.07) is 10.1. The minimum atomic E-state index is 0.380. The molecule has 1 N–H and O–H groups in total. The van der Waals surface area contributed by atoms with Gasteiger partial charge in [0.05, 0.1) is 6.61 Å². The van der Waals surface area contributed by atoms with Crippen molar-refractivity contribution < 1.29 is 4.74 Å². The summed E-state index contributed by atoms with van der Waals surface area (Å²) < 4.78 is 5.82. The average Bonchev–Trinajstić information content (AvgIpc) is 2.44. The Balaban J connectivity index is 2.42.